The van der Waals surface area contributed by atoms with Crippen molar-refractivity contribution in [2.45, 2.75) is 0 Å². The zero-order valence-electron chi connectivity index (χ0n) is 6.79. The van der Waals surface area contributed by atoms with Crippen molar-refractivity contribution in [3.05, 3.63) is 34.8 Å². The van der Waals surface area contributed by atoms with Crippen molar-refractivity contribution in [1.29, 1.82) is 0 Å². The van der Waals surface area contributed by atoms with Crippen molar-refractivity contribution in [3.8, 4) is 5.75 Å². The maximum atomic E-state index is 9.41. The van der Waals surface area contributed by atoms with Crippen LogP contribution in [0, 0.1) is 0 Å². The Labute approximate surface area is 85.9 Å². The summed E-state index contributed by atoms with van der Waals surface area (Å²) in [6.07, 6.45) is 0. The lowest BCUT2D eigenvalue weighted by atomic mass is 9.93. The van der Waals surface area contributed by atoms with E-state index >= 15 is 0 Å². The Bertz CT molecular complexity index is 468. The second kappa shape index (κ2) is 3.07. The highest BCUT2D eigenvalue weighted by atomic mass is 79.9. The molecule has 0 fully saturated rings. The summed E-state index contributed by atoms with van der Waals surface area (Å²) in [7, 11) is 5.63. The predicted molar refractivity (Wildman–Crippen MR) is 58.7 cm³/mol. The molecule has 2 radical (unpaired) electrons. The third-order valence-corrected chi connectivity index (χ3v) is 2.79. The average molecular weight is 233 g/mol. The van der Waals surface area contributed by atoms with Crippen molar-refractivity contribution in [2.24, 2.45) is 0 Å². The van der Waals surface area contributed by atoms with Gasteiger partial charge < -0.3 is 5.11 Å². The lowest BCUT2D eigenvalue weighted by Gasteiger charge is -2.03. The molecule has 0 saturated carbocycles. The Morgan fingerprint density at radius 1 is 1.15 bits per heavy atom. The highest BCUT2D eigenvalue weighted by Crippen LogP contribution is 2.31. The van der Waals surface area contributed by atoms with Gasteiger partial charge in [0.2, 0.25) is 0 Å². The number of halogens is 1. The van der Waals surface area contributed by atoms with Crippen LogP contribution in [0.15, 0.2) is 34.8 Å². The van der Waals surface area contributed by atoms with E-state index in [0.717, 1.165) is 16.2 Å². The van der Waals surface area contributed by atoms with Gasteiger partial charge in [0.1, 0.15) is 13.6 Å². The Balaban J connectivity index is 2.87. The molecule has 0 spiro atoms. The van der Waals surface area contributed by atoms with Gasteiger partial charge in [-0.05, 0) is 32.8 Å². The van der Waals surface area contributed by atoms with Crippen molar-refractivity contribution < 1.29 is 5.11 Å². The van der Waals surface area contributed by atoms with Gasteiger partial charge >= 0.3 is 0 Å². The molecule has 0 bridgehead atoms. The van der Waals surface area contributed by atoms with Crippen LogP contribution in [0.5, 0.6) is 5.75 Å². The van der Waals surface area contributed by atoms with Crippen LogP contribution in [0.3, 0.4) is 0 Å². The van der Waals surface area contributed by atoms with Crippen LogP contribution in [0.1, 0.15) is 0 Å². The smallest absolute Gasteiger partial charge is 0.130 e. The van der Waals surface area contributed by atoms with Crippen LogP contribution in [0.2, 0.25) is 0 Å². The number of aromatic hydroxyl groups is 1. The first-order chi connectivity index (χ1) is 6.18. The summed E-state index contributed by atoms with van der Waals surface area (Å²) in [4.78, 5) is 0. The van der Waals surface area contributed by atoms with E-state index in [1.165, 1.54) is 0 Å². The fraction of sp³-hybridized carbons (Fsp3) is 0. The van der Waals surface area contributed by atoms with E-state index in [2.05, 4.69) is 15.9 Å². The second-order valence-corrected chi connectivity index (χ2v) is 3.67. The number of fused-ring (bicyclic) bond motifs is 1. The summed E-state index contributed by atoms with van der Waals surface area (Å²) in [6.45, 7) is 0. The van der Waals surface area contributed by atoms with Crippen LogP contribution in [0.25, 0.3) is 10.8 Å². The molecule has 0 aliphatic heterocycles. The minimum Gasteiger partial charge on any atom is -0.507 e. The van der Waals surface area contributed by atoms with Crippen LogP contribution >= 0.6 is 15.9 Å². The van der Waals surface area contributed by atoms with Crippen LogP contribution < -0.4 is 5.46 Å². The van der Waals surface area contributed by atoms with Gasteiger partial charge in [-0.2, -0.15) is 0 Å². The molecule has 1 N–H and O–H groups in total. The molecular formula is C10H6BBrO. The Kier molecular flexibility index (Phi) is 2.04. The zero-order valence-corrected chi connectivity index (χ0v) is 8.38. The average Bonchev–Trinajstić information content (AvgIpc) is 2.12. The molecular weight excluding hydrogens is 227 g/mol. The molecule has 0 saturated heterocycles. The topological polar surface area (TPSA) is 20.2 Å². The molecule has 0 atom stereocenters. The van der Waals surface area contributed by atoms with E-state index in [0.29, 0.717) is 4.47 Å². The van der Waals surface area contributed by atoms with Gasteiger partial charge in [0.05, 0.1) is 4.47 Å². The molecule has 0 aliphatic rings. The van der Waals surface area contributed by atoms with Gasteiger partial charge in [-0.1, -0.05) is 29.7 Å². The molecule has 3 heteroatoms. The van der Waals surface area contributed by atoms with Gasteiger partial charge in [0.25, 0.3) is 0 Å². The number of benzene rings is 2. The van der Waals surface area contributed by atoms with E-state index in [-0.39, 0.29) is 5.75 Å². The van der Waals surface area contributed by atoms with Crippen LogP contribution in [0.4, 0.5) is 0 Å². The normalized spacial score (nSPS) is 10.5. The molecule has 0 aromatic heterocycles. The monoisotopic (exact) mass is 232 g/mol. The molecule has 0 aliphatic carbocycles. The Morgan fingerprint density at radius 2 is 1.92 bits per heavy atom. The summed E-state index contributed by atoms with van der Waals surface area (Å²) in [6, 6.07) is 9.05. The Morgan fingerprint density at radius 3 is 2.69 bits per heavy atom. The van der Waals surface area contributed by atoms with Crippen LogP contribution in [-0.2, 0) is 0 Å². The van der Waals surface area contributed by atoms with Gasteiger partial charge in [0.15, 0.2) is 0 Å². The highest BCUT2D eigenvalue weighted by Gasteiger charge is 2.02. The first-order valence-electron chi connectivity index (χ1n) is 3.85. The molecule has 2 rings (SSSR count). The van der Waals surface area contributed by atoms with Crippen molar-refractivity contribution in [2.75, 3.05) is 0 Å². The summed E-state index contributed by atoms with van der Waals surface area (Å²) in [5, 5.41) is 11.4. The summed E-state index contributed by atoms with van der Waals surface area (Å²) >= 11 is 3.31. The number of hydrogen-bond acceptors (Lipinski definition) is 1. The maximum Gasteiger partial charge on any atom is 0.130 e. The minimum absolute atomic E-state index is 0.247. The third-order valence-electron chi connectivity index (χ3n) is 1.96. The SMILES string of the molecule is [B]c1ccc2c(Br)c(O)ccc2c1. The van der Waals surface area contributed by atoms with Gasteiger partial charge in [-0.15, -0.1) is 0 Å². The van der Waals surface area contributed by atoms with Crippen molar-refractivity contribution >= 4 is 40.0 Å². The molecule has 62 valence electrons. The summed E-state index contributed by atoms with van der Waals surface area (Å²) in [5.74, 6) is 0.247. The third kappa shape index (κ3) is 1.44. The van der Waals surface area contributed by atoms with Crippen LogP contribution in [-0.4, -0.2) is 13.0 Å². The van der Waals surface area contributed by atoms with Gasteiger partial charge in [0, 0.05) is 0 Å². The minimum atomic E-state index is 0.247. The largest absolute Gasteiger partial charge is 0.507 e. The first-order valence-corrected chi connectivity index (χ1v) is 4.64. The summed E-state index contributed by atoms with van der Waals surface area (Å²) < 4.78 is 0.713. The standard InChI is InChI=1S/C10H6BBrO/c11-7-2-3-8-6(5-7)1-4-9(13)10(8)12/h1-5,13H. The Hall–Kier alpha value is -0.955. The lowest BCUT2D eigenvalue weighted by Crippen LogP contribution is -1.99. The van der Waals surface area contributed by atoms with Gasteiger partial charge in [-0.25, -0.2) is 0 Å². The fourth-order valence-electron chi connectivity index (χ4n) is 1.30. The van der Waals surface area contributed by atoms with E-state index in [9.17, 15) is 5.11 Å². The number of rotatable bonds is 0. The molecule has 0 heterocycles. The quantitative estimate of drug-likeness (QED) is 0.690. The molecule has 0 unspecified atom stereocenters. The number of phenolic OH excluding ortho intramolecular Hbond substituents is 1. The molecule has 2 aromatic rings. The van der Waals surface area contributed by atoms with Crippen molar-refractivity contribution in [3.63, 3.8) is 0 Å². The van der Waals surface area contributed by atoms with Crippen molar-refractivity contribution in [1.82, 2.24) is 0 Å². The zero-order chi connectivity index (χ0) is 9.42. The van der Waals surface area contributed by atoms with Gasteiger partial charge in [-0.3, -0.25) is 0 Å². The highest BCUT2D eigenvalue weighted by molar-refractivity contribution is 9.10. The molecule has 13 heavy (non-hydrogen) atoms. The molecule has 1 nitrogen and oxygen atoms in total. The molecule has 0 amide bonds. The lowest BCUT2D eigenvalue weighted by molar-refractivity contribution is 0.473. The summed E-state index contributed by atoms with van der Waals surface area (Å²) in [5.41, 5.74) is 0.727. The van der Waals surface area contributed by atoms with E-state index < -0.39 is 0 Å². The number of phenols is 1. The maximum absolute atomic E-state index is 9.41. The molecule has 2 aromatic carbocycles. The second-order valence-electron chi connectivity index (χ2n) is 2.88. The predicted octanol–water partition coefficient (Wildman–Crippen LogP) is 2.10. The fourth-order valence-corrected chi connectivity index (χ4v) is 1.79. The first kappa shape index (κ1) is 8.63. The number of hydrogen-bond donors (Lipinski definition) is 1. The van der Waals surface area contributed by atoms with E-state index in [1.54, 1.807) is 6.07 Å². The van der Waals surface area contributed by atoms with E-state index in [1.807, 2.05) is 24.3 Å². The van der Waals surface area contributed by atoms with E-state index in [4.69, 9.17) is 7.85 Å².